The molecule has 0 fully saturated rings. The van der Waals surface area contributed by atoms with Gasteiger partial charge in [0.1, 0.15) is 6.61 Å². The van der Waals surface area contributed by atoms with Crippen LogP contribution in [0.5, 0.6) is 11.5 Å². The summed E-state index contributed by atoms with van der Waals surface area (Å²) < 4.78 is 16.9. The Balaban J connectivity index is 1.55. The normalized spacial score (nSPS) is 13.6. The molecule has 1 aliphatic heterocycles. The van der Waals surface area contributed by atoms with E-state index in [-0.39, 0.29) is 34.8 Å². The molecule has 0 aromatic heterocycles. The van der Waals surface area contributed by atoms with Crippen molar-refractivity contribution in [2.45, 2.75) is 20.5 Å². The number of cyclic esters (lactones) is 1. The van der Waals surface area contributed by atoms with Crippen molar-refractivity contribution in [2.24, 2.45) is 4.99 Å². The predicted octanol–water partition coefficient (Wildman–Crippen LogP) is 5.53. The molecule has 3 aromatic carbocycles. The number of nitro groups is 1. The third-order valence-corrected chi connectivity index (χ3v) is 5.52. The maximum Gasteiger partial charge on any atom is 0.363 e. The maximum atomic E-state index is 12.5. The fourth-order valence-electron chi connectivity index (χ4n) is 3.53. The van der Waals surface area contributed by atoms with Gasteiger partial charge in [0.15, 0.2) is 17.2 Å². The Morgan fingerprint density at radius 3 is 2.47 bits per heavy atom. The lowest BCUT2D eigenvalue weighted by Gasteiger charge is -2.14. The van der Waals surface area contributed by atoms with Gasteiger partial charge in [-0.1, -0.05) is 11.6 Å². The van der Waals surface area contributed by atoms with Gasteiger partial charge in [-0.25, -0.2) is 9.79 Å². The number of amides is 1. The van der Waals surface area contributed by atoms with Crippen molar-refractivity contribution >= 4 is 46.8 Å². The van der Waals surface area contributed by atoms with Crippen LogP contribution in [-0.2, 0) is 20.9 Å². The van der Waals surface area contributed by atoms with Crippen LogP contribution in [0.4, 0.5) is 11.4 Å². The first-order valence-corrected chi connectivity index (χ1v) is 11.8. The van der Waals surface area contributed by atoms with Gasteiger partial charge in [0, 0.05) is 30.3 Å². The minimum absolute atomic E-state index is 0.0163. The number of halogens is 1. The van der Waals surface area contributed by atoms with Crippen molar-refractivity contribution in [1.29, 1.82) is 0 Å². The monoisotopic (exact) mass is 535 g/mol. The van der Waals surface area contributed by atoms with Crippen LogP contribution in [0, 0.1) is 10.1 Å². The van der Waals surface area contributed by atoms with E-state index in [2.05, 4.69) is 10.3 Å². The third-order valence-electron chi connectivity index (χ3n) is 5.24. The quantitative estimate of drug-likeness (QED) is 0.165. The summed E-state index contributed by atoms with van der Waals surface area (Å²) in [4.78, 5) is 38.3. The molecule has 38 heavy (non-hydrogen) atoms. The van der Waals surface area contributed by atoms with Crippen molar-refractivity contribution in [1.82, 2.24) is 0 Å². The first-order chi connectivity index (χ1) is 18.2. The topological polar surface area (TPSA) is 129 Å². The number of carbonyl (C=O) groups excluding carboxylic acids is 2. The fraction of sp³-hybridized carbons (Fsp3) is 0.148. The molecule has 0 radical (unpaired) electrons. The number of hydrogen-bond donors (Lipinski definition) is 1. The number of ether oxygens (including phenoxy) is 3. The minimum Gasteiger partial charge on any atom is -0.490 e. The molecule has 0 unspecified atom stereocenters. The molecule has 0 atom stereocenters. The number of non-ortho nitro benzene ring substituents is 1. The van der Waals surface area contributed by atoms with E-state index in [1.807, 2.05) is 0 Å². The summed E-state index contributed by atoms with van der Waals surface area (Å²) >= 11 is 6.50. The van der Waals surface area contributed by atoms with Gasteiger partial charge in [-0.15, -0.1) is 0 Å². The Morgan fingerprint density at radius 1 is 1.13 bits per heavy atom. The molecule has 1 aliphatic rings. The van der Waals surface area contributed by atoms with E-state index in [1.165, 1.54) is 25.1 Å². The molecule has 1 amide bonds. The zero-order valence-electron chi connectivity index (χ0n) is 20.4. The fourth-order valence-corrected chi connectivity index (χ4v) is 3.81. The van der Waals surface area contributed by atoms with E-state index in [0.717, 1.165) is 0 Å². The van der Waals surface area contributed by atoms with E-state index in [9.17, 15) is 19.7 Å². The number of rotatable bonds is 9. The zero-order chi connectivity index (χ0) is 27.2. The maximum absolute atomic E-state index is 12.5. The largest absolute Gasteiger partial charge is 0.490 e. The van der Waals surface area contributed by atoms with Crippen LogP contribution in [0.2, 0.25) is 5.02 Å². The summed E-state index contributed by atoms with van der Waals surface area (Å²) in [6, 6.07) is 16.0. The van der Waals surface area contributed by atoms with Crippen molar-refractivity contribution in [3.8, 4) is 11.5 Å². The highest BCUT2D eigenvalue weighted by molar-refractivity contribution is 6.32. The van der Waals surface area contributed by atoms with E-state index < -0.39 is 10.9 Å². The summed E-state index contributed by atoms with van der Waals surface area (Å²) in [6.45, 7) is 3.66. The van der Waals surface area contributed by atoms with Gasteiger partial charge in [0.2, 0.25) is 11.8 Å². The lowest BCUT2D eigenvalue weighted by atomic mass is 10.1. The van der Waals surface area contributed by atoms with Gasteiger partial charge in [-0.05, 0) is 72.7 Å². The number of anilines is 1. The summed E-state index contributed by atoms with van der Waals surface area (Å²) in [6.07, 6.45) is 1.52. The molecule has 1 N–H and O–H groups in total. The molecule has 0 bridgehead atoms. The summed E-state index contributed by atoms with van der Waals surface area (Å²) in [5.74, 6) is -0.0295. The van der Waals surface area contributed by atoms with Gasteiger partial charge in [0.25, 0.3) is 5.69 Å². The number of aliphatic imine (C=N–C) groups is 1. The molecule has 11 heteroatoms. The van der Waals surface area contributed by atoms with Crippen LogP contribution in [0.15, 0.2) is 71.4 Å². The molecule has 0 saturated carbocycles. The smallest absolute Gasteiger partial charge is 0.363 e. The van der Waals surface area contributed by atoms with E-state index >= 15 is 0 Å². The molecule has 10 nitrogen and oxygen atoms in total. The third kappa shape index (κ3) is 6.34. The van der Waals surface area contributed by atoms with Crippen LogP contribution in [0.25, 0.3) is 6.08 Å². The van der Waals surface area contributed by atoms with Gasteiger partial charge in [0.05, 0.1) is 16.6 Å². The Morgan fingerprint density at radius 2 is 1.84 bits per heavy atom. The lowest BCUT2D eigenvalue weighted by Crippen LogP contribution is -2.07. The van der Waals surface area contributed by atoms with E-state index in [1.54, 1.807) is 55.5 Å². The SMILES string of the molecule is CCOc1cc(/C=C2\N=C(c3ccc(NC(C)=O)cc3)OC2=O)cc(Cl)c1OCc1ccc([N+](=O)[O-])cc1. The Bertz CT molecular complexity index is 1450. The highest BCUT2D eigenvalue weighted by Crippen LogP contribution is 2.38. The second-order valence-corrected chi connectivity index (χ2v) is 8.48. The average molecular weight is 536 g/mol. The molecule has 0 spiro atoms. The standard InChI is InChI=1S/C27H22ClN3O7/c1-3-36-24-14-18(12-22(28)25(24)37-15-17-4-10-21(11-5-17)31(34)35)13-23-27(33)38-26(30-23)19-6-8-20(9-7-19)29-16(2)32/h4-14H,3,15H2,1-2H3,(H,29,32)/b23-13-. The molecule has 3 aromatic rings. The van der Waals surface area contributed by atoms with Gasteiger partial charge >= 0.3 is 5.97 Å². The van der Waals surface area contributed by atoms with Crippen molar-refractivity contribution in [3.05, 3.63) is 98.2 Å². The first kappa shape index (κ1) is 26.4. The van der Waals surface area contributed by atoms with Crippen LogP contribution < -0.4 is 14.8 Å². The van der Waals surface area contributed by atoms with Gasteiger partial charge < -0.3 is 19.5 Å². The second kappa shape index (κ2) is 11.6. The van der Waals surface area contributed by atoms with Gasteiger partial charge in [-0.3, -0.25) is 14.9 Å². The number of nitrogens with one attached hydrogen (secondary N) is 1. The Kier molecular flexibility index (Phi) is 8.03. The molecule has 194 valence electrons. The molecular weight excluding hydrogens is 514 g/mol. The van der Waals surface area contributed by atoms with Gasteiger partial charge in [-0.2, -0.15) is 0 Å². The lowest BCUT2D eigenvalue weighted by molar-refractivity contribution is -0.384. The van der Waals surface area contributed by atoms with Crippen LogP contribution in [-0.4, -0.2) is 29.3 Å². The molecule has 0 saturated heterocycles. The molecular formula is C27H22ClN3O7. The number of hydrogen-bond acceptors (Lipinski definition) is 8. The number of carbonyl (C=O) groups is 2. The highest BCUT2D eigenvalue weighted by Gasteiger charge is 2.24. The number of nitrogens with zero attached hydrogens (tertiary/aromatic N) is 2. The summed E-state index contributed by atoms with van der Waals surface area (Å²) in [5.41, 5.74) is 2.48. The predicted molar refractivity (Wildman–Crippen MR) is 141 cm³/mol. The first-order valence-electron chi connectivity index (χ1n) is 11.5. The highest BCUT2D eigenvalue weighted by atomic mass is 35.5. The van der Waals surface area contributed by atoms with E-state index in [0.29, 0.717) is 40.5 Å². The van der Waals surface area contributed by atoms with Crippen LogP contribution in [0.3, 0.4) is 0 Å². The minimum atomic E-state index is -0.626. The summed E-state index contributed by atoms with van der Waals surface area (Å²) in [7, 11) is 0. The van der Waals surface area contributed by atoms with Crippen LogP contribution in [0.1, 0.15) is 30.5 Å². The van der Waals surface area contributed by atoms with Crippen molar-refractivity contribution in [3.63, 3.8) is 0 Å². The number of benzene rings is 3. The molecule has 4 rings (SSSR count). The molecule has 1 heterocycles. The Hall–Kier alpha value is -4.70. The summed E-state index contributed by atoms with van der Waals surface area (Å²) in [5, 5.41) is 13.8. The van der Waals surface area contributed by atoms with Crippen molar-refractivity contribution < 1.29 is 28.7 Å². The zero-order valence-corrected chi connectivity index (χ0v) is 21.2. The van der Waals surface area contributed by atoms with Crippen molar-refractivity contribution in [2.75, 3.05) is 11.9 Å². The van der Waals surface area contributed by atoms with E-state index in [4.69, 9.17) is 25.8 Å². The Labute approximate surface area is 222 Å². The van der Waals surface area contributed by atoms with Crippen LogP contribution >= 0.6 is 11.6 Å². The second-order valence-electron chi connectivity index (χ2n) is 8.07. The molecule has 0 aliphatic carbocycles. The number of esters is 1. The number of nitro benzene ring substituents is 1. The average Bonchev–Trinajstić information content (AvgIpc) is 3.24.